The summed E-state index contributed by atoms with van der Waals surface area (Å²) in [5.41, 5.74) is 0.781. The van der Waals surface area contributed by atoms with Crippen molar-refractivity contribution in [3.05, 3.63) is 46.9 Å². The van der Waals surface area contributed by atoms with E-state index >= 15 is 0 Å². The van der Waals surface area contributed by atoms with Gasteiger partial charge in [0, 0.05) is 0 Å². The summed E-state index contributed by atoms with van der Waals surface area (Å²) in [7, 11) is 0. The van der Waals surface area contributed by atoms with Gasteiger partial charge in [-0.1, -0.05) is 30.7 Å². The van der Waals surface area contributed by atoms with Crippen molar-refractivity contribution in [3.63, 3.8) is 0 Å². The van der Waals surface area contributed by atoms with Crippen LogP contribution in [0.5, 0.6) is 0 Å². The normalized spacial score (nSPS) is 20.7. The molecule has 1 aliphatic heterocycles. The van der Waals surface area contributed by atoms with Crippen LogP contribution in [0, 0.1) is 5.82 Å². The molecule has 0 fully saturated rings. The second-order valence-corrected chi connectivity index (χ2v) is 5.49. The molecule has 0 aliphatic carbocycles. The zero-order valence-corrected chi connectivity index (χ0v) is 11.5. The number of rotatable bonds is 3. The van der Waals surface area contributed by atoms with Crippen LogP contribution < -0.4 is 0 Å². The molecule has 4 heteroatoms. The summed E-state index contributed by atoms with van der Waals surface area (Å²) in [6.07, 6.45) is 2.47. The lowest BCUT2D eigenvalue weighted by molar-refractivity contribution is -0.174. The highest BCUT2D eigenvalue weighted by Gasteiger charge is 2.39. The van der Waals surface area contributed by atoms with E-state index in [4.69, 9.17) is 16.4 Å². The van der Waals surface area contributed by atoms with Gasteiger partial charge >= 0.3 is 0 Å². The number of nitrogens with zero attached hydrogens (tertiary/aromatic N) is 1. The Kier molecular flexibility index (Phi) is 3.64. The molecule has 0 aromatic heterocycles. The first-order valence-electron chi connectivity index (χ1n) is 6.03. The van der Waals surface area contributed by atoms with Gasteiger partial charge in [0.1, 0.15) is 18.1 Å². The van der Waals surface area contributed by atoms with Crippen molar-refractivity contribution in [1.82, 2.24) is 5.06 Å². The summed E-state index contributed by atoms with van der Waals surface area (Å²) < 4.78 is 13.0. The minimum Gasteiger partial charge on any atom is -0.411 e. The van der Waals surface area contributed by atoms with Crippen LogP contribution in [0.4, 0.5) is 4.39 Å². The van der Waals surface area contributed by atoms with E-state index in [1.807, 2.05) is 5.06 Å². The van der Waals surface area contributed by atoms with Gasteiger partial charge in [0.25, 0.3) is 0 Å². The van der Waals surface area contributed by atoms with Crippen molar-refractivity contribution < 1.29 is 9.23 Å². The van der Waals surface area contributed by atoms with E-state index in [2.05, 4.69) is 20.8 Å². The van der Waals surface area contributed by atoms with Crippen LogP contribution in [0.2, 0.25) is 0 Å². The summed E-state index contributed by atoms with van der Waals surface area (Å²) in [4.78, 5) is 5.56. The fourth-order valence-corrected chi connectivity index (χ4v) is 2.19. The van der Waals surface area contributed by atoms with E-state index in [1.165, 1.54) is 12.1 Å². The molecule has 1 atom stereocenters. The van der Waals surface area contributed by atoms with Crippen molar-refractivity contribution in [2.75, 3.05) is 0 Å². The maximum absolute atomic E-state index is 13.0. The second kappa shape index (κ2) is 4.90. The summed E-state index contributed by atoms with van der Waals surface area (Å²) in [5, 5.41) is 2.48. The van der Waals surface area contributed by atoms with Gasteiger partial charge in [-0.15, -0.1) is 5.06 Å². The first-order chi connectivity index (χ1) is 8.45. The number of hydroxylamine groups is 2. The van der Waals surface area contributed by atoms with Crippen LogP contribution in [0.25, 0.3) is 0 Å². The fraction of sp³-hybridized carbons (Fsp3) is 0.429. The molecule has 1 aromatic rings. The average Bonchev–Trinajstić information content (AvgIpc) is 2.73. The molecule has 98 valence electrons. The van der Waals surface area contributed by atoms with Crippen molar-refractivity contribution in [2.24, 2.45) is 0 Å². The maximum Gasteiger partial charge on any atom is 0.128 e. The summed E-state index contributed by atoms with van der Waals surface area (Å²) in [6, 6.07) is 6.19. The molecule has 2 rings (SSSR count). The molecule has 0 saturated heterocycles. The van der Waals surface area contributed by atoms with E-state index in [1.54, 1.807) is 18.4 Å². The van der Waals surface area contributed by atoms with Crippen molar-refractivity contribution >= 4 is 11.6 Å². The van der Waals surface area contributed by atoms with Gasteiger partial charge in [-0.25, -0.2) is 4.39 Å². The Morgan fingerprint density at radius 1 is 1.33 bits per heavy atom. The SMILES string of the molecule is CCC(C)(C)N1OC=C(Cl)C1c1ccc(F)cc1. The fourth-order valence-electron chi connectivity index (χ4n) is 1.93. The van der Waals surface area contributed by atoms with Crippen molar-refractivity contribution in [2.45, 2.75) is 38.8 Å². The van der Waals surface area contributed by atoms with Gasteiger partial charge in [0.15, 0.2) is 0 Å². The van der Waals surface area contributed by atoms with E-state index in [0.29, 0.717) is 5.03 Å². The number of hydrogen-bond acceptors (Lipinski definition) is 2. The molecule has 1 heterocycles. The largest absolute Gasteiger partial charge is 0.411 e. The van der Waals surface area contributed by atoms with Crippen LogP contribution in [0.3, 0.4) is 0 Å². The Labute approximate surface area is 112 Å². The maximum atomic E-state index is 13.0. The van der Waals surface area contributed by atoms with E-state index in [-0.39, 0.29) is 17.4 Å². The standard InChI is InChI=1S/C14H17ClFNO/c1-4-14(2,3)17-13(12(15)9-18-17)10-5-7-11(16)8-6-10/h5-9,13H,4H2,1-3H3. The molecule has 0 spiro atoms. The molecular formula is C14H17ClFNO. The van der Waals surface area contributed by atoms with E-state index < -0.39 is 0 Å². The Hall–Kier alpha value is -1.06. The van der Waals surface area contributed by atoms with Gasteiger partial charge in [-0.05, 0) is 38.0 Å². The van der Waals surface area contributed by atoms with Crippen LogP contribution >= 0.6 is 11.6 Å². The lowest BCUT2D eigenvalue weighted by Gasteiger charge is -2.37. The van der Waals surface area contributed by atoms with Crippen molar-refractivity contribution in [3.8, 4) is 0 Å². The highest BCUT2D eigenvalue weighted by molar-refractivity contribution is 6.30. The molecule has 2 nitrogen and oxygen atoms in total. The van der Waals surface area contributed by atoms with Crippen LogP contribution in [0.15, 0.2) is 35.6 Å². The van der Waals surface area contributed by atoms with Gasteiger partial charge in [0.05, 0.1) is 10.6 Å². The minimum absolute atomic E-state index is 0.147. The van der Waals surface area contributed by atoms with Gasteiger partial charge < -0.3 is 4.84 Å². The molecule has 18 heavy (non-hydrogen) atoms. The molecule has 0 bridgehead atoms. The van der Waals surface area contributed by atoms with E-state index in [9.17, 15) is 4.39 Å². The summed E-state index contributed by atoms with van der Waals surface area (Å²) >= 11 is 6.21. The quantitative estimate of drug-likeness (QED) is 0.807. The third kappa shape index (κ3) is 2.38. The zero-order chi connectivity index (χ0) is 13.3. The molecule has 1 aromatic carbocycles. The minimum atomic E-state index is -0.251. The average molecular weight is 270 g/mol. The Morgan fingerprint density at radius 2 is 1.94 bits per heavy atom. The molecular weight excluding hydrogens is 253 g/mol. The number of hydrogen-bond donors (Lipinski definition) is 0. The monoisotopic (exact) mass is 269 g/mol. The van der Waals surface area contributed by atoms with Gasteiger partial charge in [0.2, 0.25) is 0 Å². The van der Waals surface area contributed by atoms with Crippen LogP contribution in [-0.4, -0.2) is 10.6 Å². The highest BCUT2D eigenvalue weighted by atomic mass is 35.5. The third-order valence-electron chi connectivity index (χ3n) is 3.42. The van der Waals surface area contributed by atoms with Gasteiger partial charge in [-0.3, -0.25) is 0 Å². The highest BCUT2D eigenvalue weighted by Crippen LogP contribution is 2.41. The predicted molar refractivity (Wildman–Crippen MR) is 70.4 cm³/mol. The Morgan fingerprint density at radius 3 is 2.50 bits per heavy atom. The second-order valence-electron chi connectivity index (χ2n) is 5.05. The van der Waals surface area contributed by atoms with E-state index in [0.717, 1.165) is 12.0 Å². The Bertz CT molecular complexity index is 455. The molecule has 1 unspecified atom stereocenters. The lowest BCUT2D eigenvalue weighted by Crippen LogP contribution is -2.42. The van der Waals surface area contributed by atoms with Gasteiger partial charge in [-0.2, -0.15) is 0 Å². The Balaban J connectivity index is 2.33. The van der Waals surface area contributed by atoms with Crippen LogP contribution in [0.1, 0.15) is 38.8 Å². The first-order valence-corrected chi connectivity index (χ1v) is 6.40. The molecule has 0 radical (unpaired) electrons. The topological polar surface area (TPSA) is 12.5 Å². The lowest BCUT2D eigenvalue weighted by atomic mass is 9.97. The molecule has 0 amide bonds. The summed E-state index contributed by atoms with van der Waals surface area (Å²) in [5.74, 6) is -0.251. The number of halogens is 2. The zero-order valence-electron chi connectivity index (χ0n) is 10.8. The molecule has 0 saturated carbocycles. The molecule has 0 N–H and O–H groups in total. The number of benzene rings is 1. The first kappa shape index (κ1) is 13.4. The summed E-state index contributed by atoms with van der Waals surface area (Å²) in [6.45, 7) is 6.27. The predicted octanol–water partition coefficient (Wildman–Crippen LogP) is 4.38. The molecule has 1 aliphatic rings. The van der Waals surface area contributed by atoms with Crippen molar-refractivity contribution in [1.29, 1.82) is 0 Å². The smallest absolute Gasteiger partial charge is 0.128 e. The van der Waals surface area contributed by atoms with Crippen LogP contribution in [-0.2, 0) is 4.84 Å². The third-order valence-corrected chi connectivity index (χ3v) is 3.72.